The minimum Gasteiger partial charge on any atom is -0.452 e. The molecule has 0 aliphatic heterocycles. The molecule has 0 unspecified atom stereocenters. The highest BCUT2D eigenvalue weighted by Gasteiger charge is 2.19. The second-order valence-electron chi connectivity index (χ2n) is 5.05. The van der Waals surface area contributed by atoms with Crippen molar-refractivity contribution in [3.63, 3.8) is 0 Å². The van der Waals surface area contributed by atoms with Crippen LogP contribution in [-0.2, 0) is 4.79 Å². The molecule has 0 atom stereocenters. The third-order valence-electron chi connectivity index (χ3n) is 3.29. The van der Waals surface area contributed by atoms with E-state index in [-0.39, 0.29) is 16.9 Å². The van der Waals surface area contributed by atoms with E-state index in [1.165, 1.54) is 6.92 Å². The molecule has 0 amide bonds. The topological polar surface area (TPSA) is 56.5 Å². The maximum atomic E-state index is 12.6. The van der Waals surface area contributed by atoms with Gasteiger partial charge in [-0.25, -0.2) is 0 Å². The van der Waals surface area contributed by atoms with Gasteiger partial charge in [-0.1, -0.05) is 36.4 Å². The predicted octanol–water partition coefficient (Wildman–Crippen LogP) is 3.69. The van der Waals surface area contributed by atoms with Gasteiger partial charge in [0.1, 0.15) is 5.58 Å². The van der Waals surface area contributed by atoms with Crippen LogP contribution in [0.3, 0.4) is 0 Å². The van der Waals surface area contributed by atoms with Crippen LogP contribution >= 0.6 is 0 Å². The smallest absolute Gasteiger partial charge is 0.308 e. The number of benzene rings is 2. The highest BCUT2D eigenvalue weighted by Crippen LogP contribution is 2.31. The van der Waals surface area contributed by atoms with Crippen LogP contribution in [0.2, 0.25) is 0 Å². The minimum atomic E-state index is -0.559. The van der Waals surface area contributed by atoms with Crippen molar-refractivity contribution in [2.24, 2.45) is 0 Å². The molecule has 2 aromatic carbocycles. The van der Waals surface area contributed by atoms with Gasteiger partial charge in [-0.05, 0) is 24.6 Å². The van der Waals surface area contributed by atoms with Gasteiger partial charge in [0.2, 0.25) is 11.2 Å². The van der Waals surface area contributed by atoms with E-state index in [1.807, 2.05) is 31.2 Å². The Balaban J connectivity index is 2.37. The van der Waals surface area contributed by atoms with Crippen molar-refractivity contribution in [2.45, 2.75) is 13.8 Å². The van der Waals surface area contributed by atoms with Crippen molar-refractivity contribution >= 4 is 16.9 Å². The zero-order chi connectivity index (χ0) is 15.7. The summed E-state index contributed by atoms with van der Waals surface area (Å²) in [6.07, 6.45) is 0. The predicted molar refractivity (Wildman–Crippen MR) is 84.0 cm³/mol. The fraction of sp³-hybridized carbons (Fsp3) is 0.111. The minimum absolute atomic E-state index is 0.0740. The van der Waals surface area contributed by atoms with Crippen LogP contribution in [-0.4, -0.2) is 5.97 Å². The molecule has 0 N–H and O–H groups in total. The van der Waals surface area contributed by atoms with Gasteiger partial charge in [-0.15, -0.1) is 0 Å². The van der Waals surface area contributed by atoms with E-state index in [9.17, 15) is 9.59 Å². The van der Waals surface area contributed by atoms with Crippen molar-refractivity contribution in [3.8, 4) is 17.1 Å². The monoisotopic (exact) mass is 294 g/mol. The van der Waals surface area contributed by atoms with Crippen molar-refractivity contribution in [2.75, 3.05) is 0 Å². The fourth-order valence-corrected chi connectivity index (χ4v) is 2.30. The lowest BCUT2D eigenvalue weighted by Gasteiger charge is -2.09. The van der Waals surface area contributed by atoms with Gasteiger partial charge < -0.3 is 9.15 Å². The summed E-state index contributed by atoms with van der Waals surface area (Å²) in [4.78, 5) is 24.0. The lowest BCUT2D eigenvalue weighted by Crippen LogP contribution is -2.13. The third kappa shape index (κ3) is 2.51. The van der Waals surface area contributed by atoms with Crippen molar-refractivity contribution in [3.05, 3.63) is 64.3 Å². The lowest BCUT2D eigenvalue weighted by atomic mass is 10.1. The molecule has 0 aliphatic rings. The molecule has 1 heterocycles. The van der Waals surface area contributed by atoms with Crippen LogP contribution in [0.5, 0.6) is 5.75 Å². The van der Waals surface area contributed by atoms with E-state index in [1.54, 1.807) is 24.3 Å². The number of carbonyl (C=O) groups excluding carboxylic acids is 1. The highest BCUT2D eigenvalue weighted by atomic mass is 16.5. The maximum absolute atomic E-state index is 12.6. The Morgan fingerprint density at radius 2 is 1.82 bits per heavy atom. The van der Waals surface area contributed by atoms with Crippen LogP contribution < -0.4 is 10.2 Å². The molecule has 3 rings (SSSR count). The first-order chi connectivity index (χ1) is 10.6. The van der Waals surface area contributed by atoms with Gasteiger partial charge in [-0.2, -0.15) is 0 Å². The second kappa shape index (κ2) is 5.48. The van der Waals surface area contributed by atoms with E-state index >= 15 is 0 Å². The molecule has 4 nitrogen and oxygen atoms in total. The Morgan fingerprint density at radius 1 is 1.09 bits per heavy atom. The molecular formula is C18H14O4. The van der Waals surface area contributed by atoms with Gasteiger partial charge >= 0.3 is 5.97 Å². The van der Waals surface area contributed by atoms with Crippen LogP contribution in [0.25, 0.3) is 22.3 Å². The lowest BCUT2D eigenvalue weighted by molar-refractivity contribution is -0.131. The maximum Gasteiger partial charge on any atom is 0.308 e. The number of hydrogen-bond acceptors (Lipinski definition) is 4. The average molecular weight is 294 g/mol. The molecule has 0 fully saturated rings. The van der Waals surface area contributed by atoms with Gasteiger partial charge in [0, 0.05) is 12.5 Å². The van der Waals surface area contributed by atoms with Crippen LogP contribution in [0, 0.1) is 6.92 Å². The summed E-state index contributed by atoms with van der Waals surface area (Å²) in [5.74, 6) is -0.370. The summed E-state index contributed by atoms with van der Waals surface area (Å²) in [6, 6.07) is 14.4. The standard InChI is InChI=1S/C18H14O4/c1-11-8-9-14-15(10-11)22-17(13-6-4-3-5-7-13)18(16(14)20)21-12(2)19/h3-10H,1-2H3. The third-order valence-corrected chi connectivity index (χ3v) is 3.29. The normalized spacial score (nSPS) is 10.6. The summed E-state index contributed by atoms with van der Waals surface area (Å²) in [6.45, 7) is 3.18. The zero-order valence-electron chi connectivity index (χ0n) is 12.3. The molecule has 0 spiro atoms. The van der Waals surface area contributed by atoms with E-state index < -0.39 is 5.97 Å². The van der Waals surface area contributed by atoms with E-state index in [2.05, 4.69) is 0 Å². The molecule has 0 saturated carbocycles. The quantitative estimate of drug-likeness (QED) is 0.676. The molecule has 110 valence electrons. The first-order valence-electron chi connectivity index (χ1n) is 6.87. The van der Waals surface area contributed by atoms with Gasteiger partial charge in [-0.3, -0.25) is 9.59 Å². The van der Waals surface area contributed by atoms with Gasteiger partial charge in [0.25, 0.3) is 0 Å². The van der Waals surface area contributed by atoms with Crippen LogP contribution in [0.4, 0.5) is 0 Å². The number of carbonyl (C=O) groups is 1. The summed E-state index contributed by atoms with van der Waals surface area (Å²) in [7, 11) is 0. The summed E-state index contributed by atoms with van der Waals surface area (Å²) in [5, 5.41) is 0.390. The molecule has 3 aromatic rings. The summed E-state index contributed by atoms with van der Waals surface area (Å²) in [5.41, 5.74) is 1.78. The number of fused-ring (bicyclic) bond motifs is 1. The molecular weight excluding hydrogens is 280 g/mol. The SMILES string of the molecule is CC(=O)Oc1c(-c2ccccc2)oc2cc(C)ccc2c1=O. The summed E-state index contributed by atoms with van der Waals surface area (Å²) < 4.78 is 11.0. The van der Waals surface area contributed by atoms with Gasteiger partial charge in [0.15, 0.2) is 5.76 Å². The number of ether oxygens (including phenoxy) is 1. The molecule has 22 heavy (non-hydrogen) atoms. The molecule has 0 saturated heterocycles. The molecule has 4 heteroatoms. The fourth-order valence-electron chi connectivity index (χ4n) is 2.30. The molecule has 0 aliphatic carbocycles. The second-order valence-corrected chi connectivity index (χ2v) is 5.05. The average Bonchev–Trinajstić information content (AvgIpc) is 2.50. The molecule has 1 aromatic heterocycles. The van der Waals surface area contributed by atoms with Crippen LogP contribution in [0.1, 0.15) is 12.5 Å². The Kier molecular flexibility index (Phi) is 3.51. The first kappa shape index (κ1) is 14.1. The Bertz CT molecular complexity index is 908. The number of rotatable bonds is 2. The van der Waals surface area contributed by atoms with Crippen molar-refractivity contribution in [1.82, 2.24) is 0 Å². The molecule has 0 bridgehead atoms. The number of aryl methyl sites for hydroxylation is 1. The molecule has 0 radical (unpaired) electrons. The Labute approximate surface area is 127 Å². The van der Waals surface area contributed by atoms with Crippen LogP contribution in [0.15, 0.2) is 57.7 Å². The largest absolute Gasteiger partial charge is 0.452 e. The highest BCUT2D eigenvalue weighted by molar-refractivity contribution is 5.84. The summed E-state index contributed by atoms with van der Waals surface area (Å²) >= 11 is 0. The van der Waals surface area contributed by atoms with E-state index in [4.69, 9.17) is 9.15 Å². The first-order valence-corrected chi connectivity index (χ1v) is 6.87. The zero-order valence-corrected chi connectivity index (χ0v) is 12.3. The van der Waals surface area contributed by atoms with E-state index in [0.29, 0.717) is 16.5 Å². The number of hydrogen-bond donors (Lipinski definition) is 0. The van der Waals surface area contributed by atoms with Crippen molar-refractivity contribution < 1.29 is 13.9 Å². The van der Waals surface area contributed by atoms with Crippen molar-refractivity contribution in [1.29, 1.82) is 0 Å². The Morgan fingerprint density at radius 3 is 2.50 bits per heavy atom. The Hall–Kier alpha value is -2.88. The number of esters is 1. The van der Waals surface area contributed by atoms with Gasteiger partial charge in [0.05, 0.1) is 5.39 Å². The van der Waals surface area contributed by atoms with E-state index in [0.717, 1.165) is 5.56 Å².